The molecular formula is C31H40N4O15. The highest BCUT2D eigenvalue weighted by Crippen LogP contribution is 2.56. The van der Waals surface area contributed by atoms with Crippen molar-refractivity contribution in [3.05, 3.63) is 40.2 Å². The van der Waals surface area contributed by atoms with E-state index in [1.165, 1.54) is 31.1 Å². The minimum atomic E-state index is -3.10. The number of primary amides is 1. The van der Waals surface area contributed by atoms with Gasteiger partial charge in [-0.05, 0) is 31.6 Å². The van der Waals surface area contributed by atoms with Gasteiger partial charge in [0.1, 0.15) is 53.8 Å². The number of hydrogen-bond acceptors (Lipinski definition) is 17. The van der Waals surface area contributed by atoms with Crippen LogP contribution in [0, 0.1) is 11.8 Å². The molecule has 1 saturated carbocycles. The Labute approximate surface area is 284 Å². The van der Waals surface area contributed by atoms with E-state index in [0.29, 0.717) is 0 Å². The summed E-state index contributed by atoms with van der Waals surface area (Å²) >= 11 is 0. The zero-order valence-electron chi connectivity index (χ0n) is 27.3. The Morgan fingerprint density at radius 3 is 2.24 bits per heavy atom. The fourth-order valence-electron chi connectivity index (χ4n) is 7.63. The van der Waals surface area contributed by atoms with Crippen molar-refractivity contribution < 1.29 is 74.7 Å². The van der Waals surface area contributed by atoms with Crippen LogP contribution in [0.1, 0.15) is 24.0 Å². The van der Waals surface area contributed by atoms with Gasteiger partial charge in [0.05, 0.1) is 43.0 Å². The number of rotatable bonds is 8. The number of aliphatic hydroxyl groups excluding tert-OH is 7. The van der Waals surface area contributed by atoms with Crippen molar-refractivity contribution in [1.29, 1.82) is 0 Å². The number of nitrogens with one attached hydrogen (secondary N) is 1. The molecule has 274 valence electrons. The molecule has 1 aromatic rings. The van der Waals surface area contributed by atoms with Gasteiger partial charge in [-0.15, -0.1) is 5.06 Å². The van der Waals surface area contributed by atoms with Gasteiger partial charge in [0.2, 0.25) is 11.7 Å². The first-order chi connectivity index (χ1) is 23.4. The zero-order valence-corrected chi connectivity index (χ0v) is 27.3. The largest absolute Gasteiger partial charge is 0.508 e. The van der Waals surface area contributed by atoms with E-state index in [4.69, 9.17) is 15.3 Å². The molecule has 0 spiro atoms. The van der Waals surface area contributed by atoms with Crippen molar-refractivity contribution in [2.75, 3.05) is 39.7 Å². The molecule has 2 amide bonds. The fourth-order valence-corrected chi connectivity index (χ4v) is 7.63. The number of hydroxylamine groups is 2. The van der Waals surface area contributed by atoms with Crippen LogP contribution in [0.4, 0.5) is 5.69 Å². The monoisotopic (exact) mass is 708 g/mol. The van der Waals surface area contributed by atoms with Gasteiger partial charge in [0.25, 0.3) is 5.91 Å². The number of carbonyl (C=O) groups is 4. The molecule has 0 unspecified atom stereocenters. The lowest BCUT2D eigenvalue weighted by Crippen LogP contribution is -2.70. The lowest BCUT2D eigenvalue weighted by molar-refractivity contribution is -0.325. The Hall–Kier alpha value is -4.02. The number of aliphatic hydroxyl groups is 8. The van der Waals surface area contributed by atoms with Gasteiger partial charge in [0, 0.05) is 11.5 Å². The molecule has 50 heavy (non-hydrogen) atoms. The zero-order chi connectivity index (χ0) is 37.3. The number of anilines is 1. The summed E-state index contributed by atoms with van der Waals surface area (Å²) in [7, 11) is 3.91. The molecule has 0 bridgehead atoms. The standard InChI is InChI=1S/C31H40N4O15/c1-9-10-5-6-11(33-13(37)7-35(49-4)30-26(44)25(43)21(39)12(8-36)50-30)20(38)15(10)22(40)16-14(9)23(41)18-19(34(2)3)24(42)17(29(32)47)28(46)31(18,48)27(16)45/h5-6,9,12,14,18-19,21,23,25-26,30,36,38-41,43-44,46,48H,7-8H2,1-4H3,(H2,32,47)(H,33,37)/t9-,12+,14+,18+,19-,21+,23-,25-,26+,30+,31-/m0/s1. The number of nitrogens with zero attached hydrogens (tertiary/aromatic N) is 2. The maximum Gasteiger partial charge on any atom is 0.255 e. The van der Waals surface area contributed by atoms with Gasteiger partial charge in [-0.25, -0.2) is 0 Å². The van der Waals surface area contributed by atoms with Crippen molar-refractivity contribution in [3.8, 4) is 5.75 Å². The van der Waals surface area contributed by atoms with E-state index >= 15 is 0 Å². The number of benzene rings is 1. The lowest BCUT2D eigenvalue weighted by Gasteiger charge is -2.53. The molecular weight excluding hydrogens is 668 g/mol. The number of fused-ring (bicyclic) bond motifs is 3. The maximum absolute atomic E-state index is 14.2. The van der Waals surface area contributed by atoms with Gasteiger partial charge in [-0.3, -0.25) is 28.9 Å². The summed E-state index contributed by atoms with van der Waals surface area (Å²) < 4.78 is 5.41. The van der Waals surface area contributed by atoms with Crippen LogP contribution in [0.25, 0.3) is 5.76 Å². The minimum Gasteiger partial charge on any atom is -0.508 e. The first kappa shape index (κ1) is 37.2. The van der Waals surface area contributed by atoms with Crippen molar-refractivity contribution in [3.63, 3.8) is 0 Å². The van der Waals surface area contributed by atoms with Crippen LogP contribution in [0.5, 0.6) is 5.75 Å². The fraction of sp³-hybridized carbons (Fsp3) is 0.548. The van der Waals surface area contributed by atoms with E-state index < -0.39 is 131 Å². The van der Waals surface area contributed by atoms with Crippen LogP contribution in [0.15, 0.2) is 29.0 Å². The van der Waals surface area contributed by atoms with Gasteiger partial charge in [0.15, 0.2) is 17.6 Å². The van der Waals surface area contributed by atoms with Crippen molar-refractivity contribution >= 4 is 34.8 Å². The topological polar surface area (TPSA) is 313 Å². The molecule has 2 fully saturated rings. The summed E-state index contributed by atoms with van der Waals surface area (Å²) in [4.78, 5) is 59.2. The maximum atomic E-state index is 14.2. The second-order valence-corrected chi connectivity index (χ2v) is 13.0. The van der Waals surface area contributed by atoms with Crippen LogP contribution in [-0.4, -0.2) is 162 Å². The number of likely N-dealkylation sites (N-methyl/N-ethyl adjacent to an activating group) is 1. The molecule has 11 atom stereocenters. The summed E-state index contributed by atoms with van der Waals surface area (Å²) in [5.41, 5.74) is 0.101. The van der Waals surface area contributed by atoms with Crippen molar-refractivity contribution in [2.24, 2.45) is 17.6 Å². The van der Waals surface area contributed by atoms with Gasteiger partial charge >= 0.3 is 0 Å². The van der Waals surface area contributed by atoms with E-state index in [9.17, 15) is 65.1 Å². The van der Waals surface area contributed by atoms with Crippen LogP contribution in [0.3, 0.4) is 0 Å². The SMILES string of the molecule is CON(CC(=O)Nc1ccc2c(c1O)C(O)=C1C(=O)[C@]3(O)C(O)=C(C(N)=O)C(=O)[C@@H](N(C)C)[C@@H]3[C@@H](O)[C@@H]1[C@H]2C)[C@@H]1O[C@H](CO)[C@@H](O)[C@H](O)[C@H]1O. The van der Waals surface area contributed by atoms with Gasteiger partial charge in [-0.1, -0.05) is 13.0 Å². The summed E-state index contributed by atoms with van der Waals surface area (Å²) in [6.45, 7) is 0.103. The molecule has 1 aromatic carbocycles. The van der Waals surface area contributed by atoms with Crippen molar-refractivity contribution in [2.45, 2.75) is 61.2 Å². The van der Waals surface area contributed by atoms with Crippen LogP contribution >= 0.6 is 0 Å². The molecule has 12 N–H and O–H groups in total. The third-order valence-electron chi connectivity index (χ3n) is 10.1. The smallest absolute Gasteiger partial charge is 0.255 e. The number of nitrogens with two attached hydrogens (primary N) is 1. The Morgan fingerprint density at radius 1 is 1.04 bits per heavy atom. The van der Waals surface area contributed by atoms with E-state index in [1.807, 2.05) is 0 Å². The first-order valence-corrected chi connectivity index (χ1v) is 15.5. The van der Waals surface area contributed by atoms with Crippen LogP contribution < -0.4 is 11.1 Å². The number of ketones is 2. The lowest BCUT2D eigenvalue weighted by atomic mass is 9.54. The number of phenols is 1. The Balaban J connectivity index is 1.52. The third-order valence-corrected chi connectivity index (χ3v) is 10.1. The molecule has 19 nitrogen and oxygen atoms in total. The molecule has 1 aliphatic heterocycles. The van der Waals surface area contributed by atoms with Gasteiger partial charge in [-0.2, -0.15) is 0 Å². The molecule has 4 aliphatic rings. The molecule has 19 heteroatoms. The van der Waals surface area contributed by atoms with E-state index in [2.05, 4.69) is 5.32 Å². The minimum absolute atomic E-state index is 0.199. The van der Waals surface area contributed by atoms with Crippen LogP contribution in [0.2, 0.25) is 0 Å². The summed E-state index contributed by atoms with van der Waals surface area (Å²) in [5.74, 6) is -11.7. The number of ether oxygens (including phenoxy) is 1. The number of amides is 2. The summed E-state index contributed by atoms with van der Waals surface area (Å²) in [5, 5.41) is 101. The average Bonchev–Trinajstić information content (AvgIpc) is 3.05. The number of carbonyl (C=O) groups excluding carboxylic acids is 4. The van der Waals surface area contributed by atoms with Crippen LogP contribution in [-0.2, 0) is 28.8 Å². The highest BCUT2D eigenvalue weighted by atomic mass is 16.7. The quantitative estimate of drug-likeness (QED) is 0.0698. The predicted molar refractivity (Wildman–Crippen MR) is 166 cm³/mol. The first-order valence-electron chi connectivity index (χ1n) is 15.5. The molecule has 0 radical (unpaired) electrons. The Bertz CT molecular complexity index is 1680. The summed E-state index contributed by atoms with van der Waals surface area (Å²) in [6, 6.07) is 1.15. The second-order valence-electron chi connectivity index (χ2n) is 13.0. The molecule has 5 rings (SSSR count). The number of hydrogen-bond donors (Lipinski definition) is 11. The second kappa shape index (κ2) is 13.3. The molecule has 3 aliphatic carbocycles. The number of aromatic hydroxyl groups is 1. The Morgan fingerprint density at radius 2 is 1.68 bits per heavy atom. The number of Topliss-reactive ketones (excluding diaryl/α,β-unsaturated/α-hetero) is 2. The van der Waals surface area contributed by atoms with E-state index in [0.717, 1.165) is 12.2 Å². The molecule has 1 heterocycles. The average molecular weight is 709 g/mol. The van der Waals surface area contributed by atoms with Crippen molar-refractivity contribution in [1.82, 2.24) is 9.96 Å². The predicted octanol–water partition coefficient (Wildman–Crippen LogP) is -3.90. The molecule has 1 saturated heterocycles. The van der Waals surface area contributed by atoms with E-state index in [1.54, 1.807) is 6.92 Å². The summed E-state index contributed by atoms with van der Waals surface area (Å²) in [6.07, 6.45) is -9.84. The van der Waals surface area contributed by atoms with E-state index in [-0.39, 0.29) is 16.8 Å². The highest BCUT2D eigenvalue weighted by molar-refractivity contribution is 6.24. The molecule has 0 aromatic heterocycles. The highest BCUT2D eigenvalue weighted by Gasteiger charge is 2.68. The Kier molecular flexibility index (Phi) is 9.88. The third kappa shape index (κ3) is 5.37. The van der Waals surface area contributed by atoms with Gasteiger partial charge < -0.3 is 61.7 Å². The normalized spacial score (nSPS) is 35.6. The number of phenolic OH excluding ortho intramolecular Hbond substituents is 1.